The number of halogens is 2. The summed E-state index contributed by atoms with van der Waals surface area (Å²) in [5.41, 5.74) is -1.34. The van der Waals surface area contributed by atoms with Gasteiger partial charge in [-0.25, -0.2) is 9.59 Å². The number of piperazine rings is 1. The van der Waals surface area contributed by atoms with E-state index in [4.69, 9.17) is 32.7 Å². The minimum Gasteiger partial charge on any atom is -0.430 e. The maximum atomic E-state index is 11.5. The van der Waals surface area contributed by atoms with E-state index in [-0.39, 0.29) is 0 Å². The van der Waals surface area contributed by atoms with E-state index in [9.17, 15) is 9.59 Å². The molecule has 0 radical (unpaired) electrons. The van der Waals surface area contributed by atoms with Gasteiger partial charge in [0.25, 0.3) is 0 Å². The van der Waals surface area contributed by atoms with Crippen LogP contribution in [0.1, 0.15) is 13.8 Å². The van der Waals surface area contributed by atoms with Gasteiger partial charge in [-0.05, 0) is 13.8 Å². The highest BCUT2D eigenvalue weighted by molar-refractivity contribution is 6.20. The number of carbonyl (C=O) groups is 2. The van der Waals surface area contributed by atoms with Crippen molar-refractivity contribution in [1.29, 1.82) is 0 Å². The van der Waals surface area contributed by atoms with Gasteiger partial charge >= 0.3 is 12.2 Å². The summed E-state index contributed by atoms with van der Waals surface area (Å²) >= 11 is 11.1. The number of ether oxygens (including phenoxy) is 2. The molecule has 0 N–H and O–H groups in total. The summed E-state index contributed by atoms with van der Waals surface area (Å²) in [6, 6.07) is 0. The fourth-order valence-electron chi connectivity index (χ4n) is 1.50. The number of carbonyl (C=O) groups excluding carboxylic acids is 2. The van der Waals surface area contributed by atoms with Gasteiger partial charge in [0, 0.05) is 26.2 Å². The van der Waals surface area contributed by atoms with Crippen molar-refractivity contribution in [3.63, 3.8) is 0 Å². The van der Waals surface area contributed by atoms with Gasteiger partial charge in [-0.15, -0.1) is 0 Å². The highest BCUT2D eigenvalue weighted by Crippen LogP contribution is 2.09. The monoisotopic (exact) mass is 298 g/mol. The summed E-state index contributed by atoms with van der Waals surface area (Å²) in [4.78, 5) is 26.0. The lowest BCUT2D eigenvalue weighted by atomic mass is 10.3. The van der Waals surface area contributed by atoms with E-state index >= 15 is 0 Å². The van der Waals surface area contributed by atoms with Gasteiger partial charge in [-0.2, -0.15) is 0 Å². The Balaban J connectivity index is 2.36. The zero-order valence-electron chi connectivity index (χ0n) is 10.3. The maximum Gasteiger partial charge on any atom is 0.411 e. The molecule has 1 aliphatic rings. The largest absolute Gasteiger partial charge is 0.430 e. The Morgan fingerprint density at radius 2 is 1.17 bits per heavy atom. The first-order chi connectivity index (χ1) is 8.40. The first-order valence-electron chi connectivity index (χ1n) is 5.59. The second kappa shape index (κ2) is 6.89. The van der Waals surface area contributed by atoms with Gasteiger partial charge in [0.05, 0.1) is 0 Å². The van der Waals surface area contributed by atoms with Crippen molar-refractivity contribution in [1.82, 2.24) is 9.80 Å². The fraction of sp³-hybridized carbons (Fsp3) is 0.800. The van der Waals surface area contributed by atoms with Gasteiger partial charge in [-0.3, -0.25) is 0 Å². The smallest absolute Gasteiger partial charge is 0.411 e. The number of amides is 2. The van der Waals surface area contributed by atoms with Crippen LogP contribution in [0.4, 0.5) is 9.59 Å². The topological polar surface area (TPSA) is 59.1 Å². The van der Waals surface area contributed by atoms with Gasteiger partial charge in [0.15, 0.2) is 11.1 Å². The minimum atomic E-state index is -0.669. The van der Waals surface area contributed by atoms with Crippen LogP contribution in [0.25, 0.3) is 0 Å². The molecule has 1 aliphatic heterocycles. The molecule has 0 bridgehead atoms. The molecule has 18 heavy (non-hydrogen) atoms. The molecule has 0 aromatic rings. The minimum absolute atomic E-state index is 0.383. The van der Waals surface area contributed by atoms with Crippen LogP contribution in [0.15, 0.2) is 0 Å². The molecule has 0 aromatic heterocycles. The quantitative estimate of drug-likeness (QED) is 0.732. The van der Waals surface area contributed by atoms with Crippen LogP contribution in [-0.2, 0) is 9.47 Å². The van der Waals surface area contributed by atoms with Crippen molar-refractivity contribution in [2.75, 3.05) is 26.2 Å². The second-order valence-corrected chi connectivity index (χ2v) is 5.06. The molecule has 0 aliphatic carbocycles. The van der Waals surface area contributed by atoms with Crippen molar-refractivity contribution in [3.05, 3.63) is 0 Å². The van der Waals surface area contributed by atoms with Crippen LogP contribution in [0.3, 0.4) is 0 Å². The number of hydrogen-bond acceptors (Lipinski definition) is 4. The molecule has 0 saturated carbocycles. The molecular weight excluding hydrogens is 283 g/mol. The second-order valence-electron chi connectivity index (χ2n) is 3.83. The normalized spacial score (nSPS) is 19.1. The van der Waals surface area contributed by atoms with Crippen LogP contribution >= 0.6 is 23.2 Å². The van der Waals surface area contributed by atoms with Gasteiger partial charge in [0.1, 0.15) is 0 Å². The van der Waals surface area contributed by atoms with Crippen LogP contribution < -0.4 is 0 Å². The van der Waals surface area contributed by atoms with Crippen LogP contribution in [-0.4, -0.2) is 59.3 Å². The maximum absolute atomic E-state index is 11.5. The molecule has 1 heterocycles. The standard InChI is InChI=1S/C10H16Cl2N2O4/c1-7(11)17-9(15)13-3-5-14(6-4-13)10(16)18-8(2)12/h7-8H,3-6H2,1-2H3. The van der Waals surface area contributed by atoms with E-state index in [2.05, 4.69) is 0 Å². The summed E-state index contributed by atoms with van der Waals surface area (Å²) in [6.45, 7) is 4.66. The molecule has 1 fully saturated rings. The predicted molar refractivity (Wildman–Crippen MR) is 66.7 cm³/mol. The molecule has 0 aromatic carbocycles. The van der Waals surface area contributed by atoms with Gasteiger partial charge in [-0.1, -0.05) is 23.2 Å². The van der Waals surface area contributed by atoms with E-state index < -0.39 is 23.3 Å². The average Bonchev–Trinajstić information content (AvgIpc) is 2.27. The van der Waals surface area contributed by atoms with Crippen molar-refractivity contribution in [2.45, 2.75) is 25.0 Å². The zero-order valence-corrected chi connectivity index (χ0v) is 11.8. The lowest BCUT2D eigenvalue weighted by Gasteiger charge is -2.33. The molecule has 8 heteroatoms. The van der Waals surface area contributed by atoms with E-state index in [0.29, 0.717) is 26.2 Å². The Hall–Kier alpha value is -0.880. The van der Waals surface area contributed by atoms with E-state index in [1.54, 1.807) is 13.8 Å². The first kappa shape index (κ1) is 15.2. The Labute approximate surface area is 116 Å². The third kappa shape index (κ3) is 4.78. The predicted octanol–water partition coefficient (Wildman–Crippen LogP) is 2.05. The molecule has 6 nitrogen and oxygen atoms in total. The highest BCUT2D eigenvalue weighted by atomic mass is 35.5. The van der Waals surface area contributed by atoms with Crippen molar-refractivity contribution in [3.8, 4) is 0 Å². The van der Waals surface area contributed by atoms with Crippen molar-refractivity contribution in [2.24, 2.45) is 0 Å². The summed E-state index contributed by atoms with van der Waals surface area (Å²) in [7, 11) is 0. The van der Waals surface area contributed by atoms with Crippen LogP contribution in [0.5, 0.6) is 0 Å². The Kier molecular flexibility index (Phi) is 5.81. The summed E-state index contributed by atoms with van der Waals surface area (Å²) < 4.78 is 9.69. The van der Waals surface area contributed by atoms with Crippen molar-refractivity contribution >= 4 is 35.4 Å². The van der Waals surface area contributed by atoms with Gasteiger partial charge < -0.3 is 19.3 Å². The first-order valence-corrected chi connectivity index (χ1v) is 6.46. The average molecular weight is 299 g/mol. The SMILES string of the molecule is CC(Cl)OC(=O)N1CCN(C(=O)OC(C)Cl)CC1. The lowest BCUT2D eigenvalue weighted by Crippen LogP contribution is -2.51. The zero-order chi connectivity index (χ0) is 13.7. The number of rotatable bonds is 2. The molecule has 2 amide bonds. The molecule has 0 spiro atoms. The Bertz CT molecular complexity index is 274. The fourth-order valence-corrected chi connectivity index (χ4v) is 1.65. The van der Waals surface area contributed by atoms with Crippen LogP contribution in [0, 0.1) is 0 Å². The Morgan fingerprint density at radius 1 is 0.889 bits per heavy atom. The molecular formula is C10H16Cl2N2O4. The number of alkyl halides is 2. The summed E-state index contributed by atoms with van der Waals surface area (Å²) in [5, 5.41) is 0. The molecule has 104 valence electrons. The molecule has 2 atom stereocenters. The molecule has 2 unspecified atom stereocenters. The molecule has 1 saturated heterocycles. The van der Waals surface area contributed by atoms with Gasteiger partial charge in [0.2, 0.25) is 0 Å². The number of nitrogens with zero attached hydrogens (tertiary/aromatic N) is 2. The number of hydrogen-bond donors (Lipinski definition) is 0. The third-order valence-electron chi connectivity index (χ3n) is 2.32. The van der Waals surface area contributed by atoms with Crippen molar-refractivity contribution < 1.29 is 19.1 Å². The highest BCUT2D eigenvalue weighted by Gasteiger charge is 2.26. The lowest BCUT2D eigenvalue weighted by molar-refractivity contribution is 0.0554. The van der Waals surface area contributed by atoms with E-state index in [1.807, 2.05) is 0 Å². The third-order valence-corrected chi connectivity index (χ3v) is 2.50. The molecule has 1 rings (SSSR count). The summed E-state index contributed by atoms with van der Waals surface area (Å²) in [6.07, 6.45) is -0.951. The van der Waals surface area contributed by atoms with Crippen LogP contribution in [0.2, 0.25) is 0 Å². The van der Waals surface area contributed by atoms with E-state index in [0.717, 1.165) is 0 Å². The Morgan fingerprint density at radius 3 is 1.39 bits per heavy atom. The summed E-state index contributed by atoms with van der Waals surface area (Å²) in [5.74, 6) is 0. The van der Waals surface area contributed by atoms with E-state index in [1.165, 1.54) is 9.80 Å².